The number of aromatic nitrogens is 2. The highest BCUT2D eigenvalue weighted by Gasteiger charge is 2.29. The highest BCUT2D eigenvalue weighted by atomic mass is 35.5. The van der Waals surface area contributed by atoms with Gasteiger partial charge in [0.2, 0.25) is 0 Å². The molecule has 2 N–H and O–H groups in total. The van der Waals surface area contributed by atoms with E-state index < -0.39 is 9.84 Å². The van der Waals surface area contributed by atoms with Crippen molar-refractivity contribution in [3.05, 3.63) is 11.2 Å². The Balaban J connectivity index is 2.26. The highest BCUT2D eigenvalue weighted by molar-refractivity contribution is 7.91. The summed E-state index contributed by atoms with van der Waals surface area (Å²) in [6.45, 7) is 0. The van der Waals surface area contributed by atoms with E-state index in [1.165, 1.54) is 0 Å². The summed E-state index contributed by atoms with van der Waals surface area (Å²) in [5.41, 5.74) is 5.46. The van der Waals surface area contributed by atoms with Gasteiger partial charge in [0, 0.05) is 6.20 Å². The molecule has 14 heavy (non-hydrogen) atoms. The first-order chi connectivity index (χ1) is 6.48. The molecule has 1 aliphatic rings. The van der Waals surface area contributed by atoms with Gasteiger partial charge in [-0.25, -0.2) is 8.42 Å². The Morgan fingerprint density at radius 1 is 1.64 bits per heavy atom. The smallest absolute Gasteiger partial charge is 0.164 e. The number of nitrogens with two attached hydrogens (primary N) is 1. The van der Waals surface area contributed by atoms with Crippen molar-refractivity contribution < 1.29 is 8.42 Å². The minimum Gasteiger partial charge on any atom is -0.381 e. The largest absolute Gasteiger partial charge is 0.381 e. The number of rotatable bonds is 1. The van der Waals surface area contributed by atoms with Crippen LogP contribution in [-0.4, -0.2) is 29.7 Å². The zero-order valence-electron chi connectivity index (χ0n) is 7.35. The van der Waals surface area contributed by atoms with E-state index in [1.807, 2.05) is 0 Å². The Hall–Kier alpha value is -0.750. The zero-order valence-corrected chi connectivity index (χ0v) is 8.92. The van der Waals surface area contributed by atoms with Gasteiger partial charge in [0.1, 0.15) is 5.02 Å². The van der Waals surface area contributed by atoms with Crippen LogP contribution < -0.4 is 5.73 Å². The minimum absolute atomic E-state index is 0.116. The van der Waals surface area contributed by atoms with Crippen LogP contribution in [0.1, 0.15) is 12.5 Å². The van der Waals surface area contributed by atoms with E-state index in [1.54, 1.807) is 10.9 Å². The average molecular weight is 236 g/mol. The Kier molecular flexibility index (Phi) is 2.19. The summed E-state index contributed by atoms with van der Waals surface area (Å²) < 4.78 is 23.9. The molecule has 0 bridgehead atoms. The van der Waals surface area contributed by atoms with E-state index in [0.29, 0.717) is 11.4 Å². The lowest BCUT2D eigenvalue weighted by Crippen LogP contribution is -2.11. The molecule has 2 heterocycles. The fourth-order valence-electron chi connectivity index (χ4n) is 1.55. The second kappa shape index (κ2) is 3.13. The van der Waals surface area contributed by atoms with Crippen molar-refractivity contribution in [3.8, 4) is 0 Å². The third-order valence-electron chi connectivity index (χ3n) is 2.30. The van der Waals surface area contributed by atoms with E-state index in [-0.39, 0.29) is 23.4 Å². The second-order valence-corrected chi connectivity index (χ2v) is 6.04. The van der Waals surface area contributed by atoms with Crippen LogP contribution in [0.5, 0.6) is 0 Å². The number of nitrogens with zero attached hydrogens (tertiary/aromatic N) is 2. The van der Waals surface area contributed by atoms with Crippen molar-refractivity contribution >= 4 is 27.3 Å². The first kappa shape index (κ1) is 9.79. The molecule has 1 unspecified atom stereocenters. The van der Waals surface area contributed by atoms with Crippen LogP contribution in [0.3, 0.4) is 0 Å². The van der Waals surface area contributed by atoms with E-state index in [2.05, 4.69) is 5.10 Å². The van der Waals surface area contributed by atoms with Crippen LogP contribution in [-0.2, 0) is 9.84 Å². The standard InChI is InChI=1S/C7H10ClN3O2S/c8-6-3-11(10-7(6)9)5-1-2-14(12,13)4-5/h3,5H,1-2,4H2,(H2,9,10). The lowest BCUT2D eigenvalue weighted by Gasteiger charge is -2.06. The summed E-state index contributed by atoms with van der Waals surface area (Å²) in [7, 11) is -2.89. The molecule has 1 aromatic rings. The van der Waals surface area contributed by atoms with Gasteiger partial charge in [-0.3, -0.25) is 4.68 Å². The number of halogens is 1. The molecule has 0 radical (unpaired) electrons. The number of sulfone groups is 1. The average Bonchev–Trinajstić information content (AvgIpc) is 2.57. The summed E-state index contributed by atoms with van der Waals surface area (Å²) >= 11 is 5.72. The maximum absolute atomic E-state index is 11.2. The highest BCUT2D eigenvalue weighted by Crippen LogP contribution is 2.26. The molecule has 0 aliphatic carbocycles. The molecular weight excluding hydrogens is 226 g/mol. The maximum Gasteiger partial charge on any atom is 0.164 e. The molecule has 0 saturated carbocycles. The minimum atomic E-state index is -2.89. The molecule has 7 heteroatoms. The lowest BCUT2D eigenvalue weighted by molar-refractivity contribution is 0.501. The predicted octanol–water partition coefficient (Wildman–Crippen LogP) is 0.478. The molecule has 1 aromatic heterocycles. The fraction of sp³-hybridized carbons (Fsp3) is 0.571. The van der Waals surface area contributed by atoms with Crippen molar-refractivity contribution in [2.45, 2.75) is 12.5 Å². The van der Waals surface area contributed by atoms with Crippen molar-refractivity contribution in [1.82, 2.24) is 9.78 Å². The molecule has 1 saturated heterocycles. The van der Waals surface area contributed by atoms with Gasteiger partial charge in [-0.2, -0.15) is 5.10 Å². The Bertz CT molecular complexity index is 434. The van der Waals surface area contributed by atoms with Crippen LogP contribution in [0, 0.1) is 0 Å². The lowest BCUT2D eigenvalue weighted by atomic mass is 10.3. The quantitative estimate of drug-likeness (QED) is 0.768. The van der Waals surface area contributed by atoms with E-state index in [0.717, 1.165) is 0 Å². The first-order valence-electron chi connectivity index (χ1n) is 4.18. The van der Waals surface area contributed by atoms with Crippen molar-refractivity contribution in [1.29, 1.82) is 0 Å². The molecule has 78 valence electrons. The maximum atomic E-state index is 11.2. The summed E-state index contributed by atoms with van der Waals surface area (Å²) in [5, 5.41) is 4.33. The van der Waals surface area contributed by atoms with Gasteiger partial charge in [-0.05, 0) is 6.42 Å². The SMILES string of the molecule is Nc1nn(C2CCS(=O)(=O)C2)cc1Cl. The molecule has 1 aliphatic heterocycles. The molecule has 1 fully saturated rings. The van der Waals surface area contributed by atoms with Crippen LogP contribution >= 0.6 is 11.6 Å². The molecule has 1 atom stereocenters. The molecule has 2 rings (SSSR count). The van der Waals surface area contributed by atoms with Crippen LogP contribution in [0.4, 0.5) is 5.82 Å². The number of nitrogen functional groups attached to an aromatic ring is 1. The fourth-order valence-corrected chi connectivity index (χ4v) is 3.40. The van der Waals surface area contributed by atoms with E-state index in [4.69, 9.17) is 17.3 Å². The van der Waals surface area contributed by atoms with Crippen LogP contribution in [0.25, 0.3) is 0 Å². The van der Waals surface area contributed by atoms with Gasteiger partial charge >= 0.3 is 0 Å². The monoisotopic (exact) mass is 235 g/mol. The van der Waals surface area contributed by atoms with E-state index in [9.17, 15) is 8.42 Å². The Morgan fingerprint density at radius 3 is 2.79 bits per heavy atom. The van der Waals surface area contributed by atoms with Gasteiger partial charge in [0.15, 0.2) is 15.7 Å². The Morgan fingerprint density at radius 2 is 2.36 bits per heavy atom. The van der Waals surface area contributed by atoms with Crippen molar-refractivity contribution in [3.63, 3.8) is 0 Å². The molecule has 5 nitrogen and oxygen atoms in total. The number of anilines is 1. The van der Waals surface area contributed by atoms with E-state index >= 15 is 0 Å². The van der Waals surface area contributed by atoms with Gasteiger partial charge in [-0.15, -0.1) is 0 Å². The third kappa shape index (κ3) is 1.72. The summed E-state index contributed by atoms with van der Waals surface area (Å²) in [5.74, 6) is 0.593. The van der Waals surface area contributed by atoms with Crippen LogP contribution in [0.2, 0.25) is 5.02 Å². The summed E-state index contributed by atoms with van der Waals surface area (Å²) in [4.78, 5) is 0. The normalized spacial score (nSPS) is 25.4. The molecule has 0 aromatic carbocycles. The topological polar surface area (TPSA) is 78.0 Å². The summed E-state index contributed by atoms with van der Waals surface area (Å²) in [6.07, 6.45) is 2.15. The predicted molar refractivity (Wildman–Crippen MR) is 54.0 cm³/mol. The summed E-state index contributed by atoms with van der Waals surface area (Å²) in [6, 6.07) is -0.116. The van der Waals surface area contributed by atoms with Gasteiger partial charge in [-0.1, -0.05) is 11.6 Å². The van der Waals surface area contributed by atoms with Crippen LogP contribution in [0.15, 0.2) is 6.20 Å². The molecule has 0 amide bonds. The van der Waals surface area contributed by atoms with Gasteiger partial charge in [0.05, 0.1) is 17.5 Å². The van der Waals surface area contributed by atoms with Gasteiger partial charge < -0.3 is 5.73 Å². The number of hydrogen-bond donors (Lipinski definition) is 1. The van der Waals surface area contributed by atoms with Crippen molar-refractivity contribution in [2.75, 3.05) is 17.2 Å². The van der Waals surface area contributed by atoms with Gasteiger partial charge in [0.25, 0.3) is 0 Å². The Labute approximate surface area is 86.8 Å². The third-order valence-corrected chi connectivity index (χ3v) is 4.34. The van der Waals surface area contributed by atoms with Crippen molar-refractivity contribution in [2.24, 2.45) is 0 Å². The second-order valence-electron chi connectivity index (χ2n) is 3.40. The zero-order chi connectivity index (χ0) is 10.3. The number of hydrogen-bond acceptors (Lipinski definition) is 4. The first-order valence-corrected chi connectivity index (χ1v) is 6.38. The molecular formula is C7H10ClN3O2S. The molecule has 0 spiro atoms.